The second-order valence-electron chi connectivity index (χ2n) is 11.9. The van der Waals surface area contributed by atoms with Crippen molar-refractivity contribution in [3.63, 3.8) is 0 Å². The highest BCUT2D eigenvalue weighted by molar-refractivity contribution is 6.26. The molecule has 0 amide bonds. The van der Waals surface area contributed by atoms with Crippen molar-refractivity contribution in [2.24, 2.45) is 0 Å². The molecule has 2 nitrogen and oxygen atoms in total. The number of rotatable bonds is 11. The smallest absolute Gasteiger partial charge is 0.131 e. The van der Waals surface area contributed by atoms with Crippen LogP contribution in [-0.2, 0) is 12.8 Å². The van der Waals surface area contributed by atoms with Gasteiger partial charge in [0.05, 0.1) is 0 Å². The number of hydrogen-bond donors (Lipinski definition) is 2. The third-order valence-electron chi connectivity index (χ3n) is 9.01. The molecular weight excluding hydrogens is 512 g/mol. The average Bonchev–Trinajstić information content (AvgIpc) is 3.03. The number of hydrogen-bond acceptors (Lipinski definition) is 2. The van der Waals surface area contributed by atoms with Crippen LogP contribution >= 0.6 is 0 Å². The SMILES string of the molecule is CCCCCCc1ccc2c(-c3c4ccccc4c(O)c4cc(CCCCCC)ccc34)c3ccccc3c(O)c2c1. The fourth-order valence-corrected chi connectivity index (χ4v) is 6.77. The lowest BCUT2D eigenvalue weighted by Gasteiger charge is -2.20. The summed E-state index contributed by atoms with van der Waals surface area (Å²) in [6, 6.07) is 29.7. The van der Waals surface area contributed by atoms with Gasteiger partial charge >= 0.3 is 0 Å². The number of unbranched alkanes of at least 4 members (excludes halogenated alkanes) is 6. The largest absolute Gasteiger partial charge is 0.507 e. The molecule has 2 heteroatoms. The summed E-state index contributed by atoms with van der Waals surface area (Å²) in [5, 5.41) is 30.9. The lowest BCUT2D eigenvalue weighted by atomic mass is 9.84. The van der Waals surface area contributed by atoms with Crippen LogP contribution in [0.2, 0.25) is 0 Å². The Bertz CT molecular complexity index is 1740. The summed E-state index contributed by atoms with van der Waals surface area (Å²) in [4.78, 5) is 0. The Morgan fingerprint density at radius 2 is 0.786 bits per heavy atom. The zero-order chi connectivity index (χ0) is 29.1. The van der Waals surface area contributed by atoms with Gasteiger partial charge < -0.3 is 10.2 Å². The van der Waals surface area contributed by atoms with Gasteiger partial charge in [0.2, 0.25) is 0 Å². The van der Waals surface area contributed by atoms with Crippen LogP contribution < -0.4 is 0 Å². The fraction of sp³-hybridized carbons (Fsp3) is 0.300. The molecule has 0 spiro atoms. The molecule has 0 fully saturated rings. The van der Waals surface area contributed by atoms with Gasteiger partial charge in [0, 0.05) is 21.5 Å². The Morgan fingerprint density at radius 3 is 1.19 bits per heavy atom. The highest BCUT2D eigenvalue weighted by Gasteiger charge is 2.21. The molecule has 6 aromatic rings. The number of fused-ring (bicyclic) bond motifs is 4. The van der Waals surface area contributed by atoms with Crippen molar-refractivity contribution in [3.05, 3.63) is 96.1 Å². The fourth-order valence-electron chi connectivity index (χ4n) is 6.77. The van der Waals surface area contributed by atoms with E-state index in [-0.39, 0.29) is 0 Å². The van der Waals surface area contributed by atoms with Gasteiger partial charge in [-0.3, -0.25) is 0 Å². The van der Waals surface area contributed by atoms with Crippen LogP contribution in [0, 0.1) is 0 Å². The Hall–Kier alpha value is -4.04. The number of aromatic hydroxyl groups is 2. The minimum Gasteiger partial charge on any atom is -0.507 e. The summed E-state index contributed by atoms with van der Waals surface area (Å²) in [7, 11) is 0. The first-order valence-corrected chi connectivity index (χ1v) is 15.9. The summed E-state index contributed by atoms with van der Waals surface area (Å²) in [6.07, 6.45) is 11.8. The highest BCUT2D eigenvalue weighted by Crippen LogP contribution is 2.49. The summed E-state index contributed by atoms with van der Waals surface area (Å²) >= 11 is 0. The standard InChI is InChI=1S/C40H42O2/c1-3-5-7-9-15-27-21-23-31-35(25-27)39(41)33-19-13-11-17-29(33)37(31)38-30-18-12-14-20-34(30)40(42)36-26-28(22-24-32(36)38)16-10-8-6-4-2/h11-14,17-26,41-42H,3-10,15-16H2,1-2H3. The van der Waals surface area contributed by atoms with Gasteiger partial charge in [-0.05, 0) is 81.6 Å². The molecule has 6 rings (SSSR count). The Kier molecular flexibility index (Phi) is 8.33. The molecule has 0 atom stereocenters. The molecule has 0 aromatic heterocycles. The van der Waals surface area contributed by atoms with Crippen LogP contribution in [-0.4, -0.2) is 10.2 Å². The molecule has 0 aliphatic rings. The number of phenolic OH excluding ortho intramolecular Hbond substituents is 2. The number of aryl methyl sites for hydroxylation is 2. The maximum atomic E-state index is 11.6. The van der Waals surface area contributed by atoms with Gasteiger partial charge in [0.15, 0.2) is 0 Å². The minimum atomic E-state index is 0.349. The Labute approximate surface area is 249 Å². The van der Waals surface area contributed by atoms with Gasteiger partial charge in [-0.2, -0.15) is 0 Å². The first-order chi connectivity index (χ1) is 20.6. The molecule has 0 aliphatic heterocycles. The number of benzene rings is 6. The van der Waals surface area contributed by atoms with E-state index in [1.807, 2.05) is 24.3 Å². The lowest BCUT2D eigenvalue weighted by Crippen LogP contribution is -1.94. The summed E-state index contributed by atoms with van der Waals surface area (Å²) in [5.74, 6) is 0.697. The summed E-state index contributed by atoms with van der Waals surface area (Å²) in [6.45, 7) is 4.48. The molecule has 0 saturated heterocycles. The summed E-state index contributed by atoms with van der Waals surface area (Å²) < 4.78 is 0. The van der Waals surface area contributed by atoms with E-state index < -0.39 is 0 Å². The summed E-state index contributed by atoms with van der Waals surface area (Å²) in [5.41, 5.74) is 4.77. The third kappa shape index (κ3) is 5.20. The van der Waals surface area contributed by atoms with E-state index in [9.17, 15) is 10.2 Å². The predicted octanol–water partition coefficient (Wildman–Crippen LogP) is 11.6. The van der Waals surface area contributed by atoms with Crippen molar-refractivity contribution < 1.29 is 10.2 Å². The van der Waals surface area contributed by atoms with Crippen LogP contribution in [0.4, 0.5) is 0 Å². The van der Waals surface area contributed by atoms with Crippen LogP contribution in [0.3, 0.4) is 0 Å². The van der Waals surface area contributed by atoms with Crippen LogP contribution in [0.1, 0.15) is 76.3 Å². The van der Waals surface area contributed by atoms with E-state index >= 15 is 0 Å². The van der Waals surface area contributed by atoms with Crippen LogP contribution in [0.25, 0.3) is 54.2 Å². The molecule has 0 radical (unpaired) electrons. The van der Waals surface area contributed by atoms with Gasteiger partial charge in [-0.15, -0.1) is 0 Å². The van der Waals surface area contributed by atoms with E-state index in [1.54, 1.807) is 0 Å². The van der Waals surface area contributed by atoms with Gasteiger partial charge in [0.1, 0.15) is 11.5 Å². The van der Waals surface area contributed by atoms with Crippen molar-refractivity contribution in [3.8, 4) is 22.6 Å². The maximum absolute atomic E-state index is 11.6. The van der Waals surface area contributed by atoms with Crippen molar-refractivity contribution in [1.29, 1.82) is 0 Å². The normalized spacial score (nSPS) is 11.8. The second-order valence-corrected chi connectivity index (χ2v) is 11.9. The van der Waals surface area contributed by atoms with Crippen LogP contribution in [0.15, 0.2) is 84.9 Å². The molecule has 0 aliphatic carbocycles. The molecule has 214 valence electrons. The molecular formula is C40H42O2. The van der Waals surface area contributed by atoms with Crippen molar-refractivity contribution in [1.82, 2.24) is 0 Å². The Balaban J connectivity index is 1.62. The van der Waals surface area contributed by atoms with Gasteiger partial charge in [-0.25, -0.2) is 0 Å². The second kappa shape index (κ2) is 12.4. The first kappa shape index (κ1) is 28.1. The van der Waals surface area contributed by atoms with Gasteiger partial charge in [0.25, 0.3) is 0 Å². The van der Waals surface area contributed by atoms with E-state index in [2.05, 4.69) is 74.5 Å². The van der Waals surface area contributed by atoms with Crippen LogP contribution in [0.5, 0.6) is 11.5 Å². The Morgan fingerprint density at radius 1 is 0.405 bits per heavy atom. The first-order valence-electron chi connectivity index (χ1n) is 15.9. The molecule has 0 unspecified atom stereocenters. The zero-order valence-corrected chi connectivity index (χ0v) is 25.0. The lowest BCUT2D eigenvalue weighted by molar-refractivity contribution is 0.487. The van der Waals surface area contributed by atoms with Crippen molar-refractivity contribution in [2.45, 2.75) is 78.1 Å². The quantitative estimate of drug-likeness (QED) is 0.123. The third-order valence-corrected chi connectivity index (χ3v) is 9.01. The predicted molar refractivity (Wildman–Crippen MR) is 181 cm³/mol. The number of phenols is 2. The maximum Gasteiger partial charge on any atom is 0.131 e. The van der Waals surface area contributed by atoms with E-state index in [0.29, 0.717) is 11.5 Å². The average molecular weight is 555 g/mol. The topological polar surface area (TPSA) is 40.5 Å². The zero-order valence-electron chi connectivity index (χ0n) is 25.0. The minimum absolute atomic E-state index is 0.349. The molecule has 6 aromatic carbocycles. The van der Waals surface area contributed by atoms with Crippen molar-refractivity contribution in [2.75, 3.05) is 0 Å². The molecule has 0 saturated carbocycles. The highest BCUT2D eigenvalue weighted by atomic mass is 16.3. The van der Waals surface area contributed by atoms with Gasteiger partial charge in [-0.1, -0.05) is 125 Å². The molecule has 2 N–H and O–H groups in total. The van der Waals surface area contributed by atoms with E-state index in [4.69, 9.17) is 0 Å². The van der Waals surface area contributed by atoms with Crippen molar-refractivity contribution >= 4 is 43.1 Å². The van der Waals surface area contributed by atoms with E-state index in [1.165, 1.54) is 49.7 Å². The van der Waals surface area contributed by atoms with E-state index in [0.717, 1.165) is 79.9 Å². The monoisotopic (exact) mass is 554 g/mol. The molecule has 0 bridgehead atoms. The molecule has 42 heavy (non-hydrogen) atoms. The molecule has 0 heterocycles.